The van der Waals surface area contributed by atoms with Gasteiger partial charge >= 0.3 is 0 Å². The van der Waals surface area contributed by atoms with Gasteiger partial charge in [0.25, 0.3) is 0 Å². The van der Waals surface area contributed by atoms with Crippen molar-refractivity contribution in [3.05, 3.63) is 29.8 Å². The second-order valence-corrected chi connectivity index (χ2v) is 9.07. The fourth-order valence-electron chi connectivity index (χ4n) is 1.96. The van der Waals surface area contributed by atoms with E-state index < -0.39 is 14.9 Å². The van der Waals surface area contributed by atoms with Crippen molar-refractivity contribution in [2.24, 2.45) is 0 Å². The van der Waals surface area contributed by atoms with E-state index in [2.05, 4.69) is 20.8 Å². The van der Waals surface area contributed by atoms with Crippen molar-refractivity contribution in [2.45, 2.75) is 49.7 Å². The first-order chi connectivity index (χ1) is 9.03. The zero-order chi connectivity index (χ0) is 15.6. The number of benzene rings is 1. The van der Waals surface area contributed by atoms with Crippen LogP contribution < -0.4 is 0 Å². The third-order valence-electron chi connectivity index (χ3n) is 4.09. The maximum atomic E-state index is 12.5. The summed E-state index contributed by atoms with van der Waals surface area (Å²) in [7, 11) is -3.44. The van der Waals surface area contributed by atoms with Gasteiger partial charge in [0.1, 0.15) is 9.63 Å². The molecule has 5 heteroatoms. The standard InChI is InChI=1S/C15H26O4S/c1-6-15(3,4)13-7-9-14(10-8-13)20(16,17,18)12(2)11-19-5/h7-10,12H,6,11H2,1-5H3,(H2,16,17,18). The van der Waals surface area contributed by atoms with Crippen LogP contribution in [0.25, 0.3) is 0 Å². The Balaban J connectivity index is 3.19. The van der Waals surface area contributed by atoms with Crippen molar-refractivity contribution in [1.29, 1.82) is 0 Å². The molecule has 0 aliphatic heterocycles. The van der Waals surface area contributed by atoms with Gasteiger partial charge < -0.3 is 13.8 Å². The van der Waals surface area contributed by atoms with E-state index in [1.807, 2.05) is 0 Å². The molecule has 0 bridgehead atoms. The van der Waals surface area contributed by atoms with Crippen LogP contribution in [0.3, 0.4) is 0 Å². The number of rotatable bonds is 6. The highest BCUT2D eigenvalue weighted by Crippen LogP contribution is 2.35. The molecule has 0 saturated carbocycles. The molecule has 2 N–H and O–H groups in total. The summed E-state index contributed by atoms with van der Waals surface area (Å²) < 4.78 is 37.9. The van der Waals surface area contributed by atoms with Gasteiger partial charge in [0.2, 0.25) is 0 Å². The molecule has 0 aliphatic carbocycles. The van der Waals surface area contributed by atoms with Gasteiger partial charge in [0.05, 0.1) is 16.8 Å². The first-order valence-corrected chi connectivity index (χ1v) is 8.73. The van der Waals surface area contributed by atoms with Crippen molar-refractivity contribution in [2.75, 3.05) is 13.7 Å². The third kappa shape index (κ3) is 3.28. The van der Waals surface area contributed by atoms with Gasteiger partial charge in [-0.25, -0.2) is 4.21 Å². The van der Waals surface area contributed by atoms with Crippen LogP contribution in [0, 0.1) is 0 Å². The van der Waals surface area contributed by atoms with Crippen LogP contribution in [-0.4, -0.2) is 32.3 Å². The lowest BCUT2D eigenvalue weighted by Gasteiger charge is -2.37. The van der Waals surface area contributed by atoms with Crippen molar-refractivity contribution in [3.63, 3.8) is 0 Å². The van der Waals surface area contributed by atoms with Crippen LogP contribution in [0.1, 0.15) is 39.7 Å². The van der Waals surface area contributed by atoms with E-state index in [0.29, 0.717) is 0 Å². The SMILES string of the molecule is CCC(C)(C)c1ccc(S(=O)(O)(O)C(C)COC)cc1. The second kappa shape index (κ2) is 5.56. The fourth-order valence-corrected chi connectivity index (χ4v) is 3.45. The van der Waals surface area contributed by atoms with E-state index in [9.17, 15) is 13.3 Å². The van der Waals surface area contributed by atoms with E-state index in [1.165, 1.54) is 26.2 Å². The molecule has 4 nitrogen and oxygen atoms in total. The average molecular weight is 302 g/mol. The Labute approximate surface area is 121 Å². The first-order valence-electron chi connectivity index (χ1n) is 6.79. The van der Waals surface area contributed by atoms with Gasteiger partial charge in [-0.05, 0) is 36.5 Å². The lowest BCUT2D eigenvalue weighted by Crippen LogP contribution is -2.44. The summed E-state index contributed by atoms with van der Waals surface area (Å²) in [4.78, 5) is 0.0437. The Morgan fingerprint density at radius 2 is 1.75 bits per heavy atom. The molecule has 1 unspecified atom stereocenters. The van der Waals surface area contributed by atoms with Crippen molar-refractivity contribution >= 4 is 9.63 Å². The minimum Gasteiger partial charge on any atom is -0.383 e. The Morgan fingerprint density at radius 1 is 1.25 bits per heavy atom. The van der Waals surface area contributed by atoms with Crippen molar-refractivity contribution in [1.82, 2.24) is 0 Å². The van der Waals surface area contributed by atoms with Crippen LogP contribution in [-0.2, 0) is 19.8 Å². The Kier molecular flexibility index (Phi) is 4.81. The van der Waals surface area contributed by atoms with Gasteiger partial charge in [-0.2, -0.15) is 0 Å². The number of hydrogen-bond donors (Lipinski definition) is 2. The number of methoxy groups -OCH3 is 1. The van der Waals surface area contributed by atoms with E-state index in [-0.39, 0.29) is 16.9 Å². The van der Waals surface area contributed by atoms with E-state index >= 15 is 0 Å². The largest absolute Gasteiger partial charge is 0.383 e. The first kappa shape index (κ1) is 17.3. The molecule has 1 aromatic carbocycles. The number of ether oxygens (including phenoxy) is 1. The molecule has 1 aromatic rings. The van der Waals surface area contributed by atoms with Crippen LogP contribution in [0.4, 0.5) is 0 Å². The second-order valence-electron chi connectivity index (χ2n) is 5.95. The molecule has 0 spiro atoms. The fraction of sp³-hybridized carbons (Fsp3) is 0.600. The predicted octanol–water partition coefficient (Wildman–Crippen LogP) is 3.53. The van der Waals surface area contributed by atoms with Crippen molar-refractivity contribution < 1.29 is 18.1 Å². The Bertz CT molecular complexity index is 513. The van der Waals surface area contributed by atoms with Crippen molar-refractivity contribution in [3.8, 4) is 0 Å². The van der Waals surface area contributed by atoms with Crippen LogP contribution in [0.15, 0.2) is 29.2 Å². The molecule has 1 atom stereocenters. The monoisotopic (exact) mass is 302 g/mol. The minimum absolute atomic E-state index is 0.00156. The molecule has 0 aliphatic rings. The zero-order valence-electron chi connectivity index (χ0n) is 12.9. The van der Waals surface area contributed by atoms with Crippen LogP contribution in [0.2, 0.25) is 0 Å². The summed E-state index contributed by atoms with van der Waals surface area (Å²) in [6.45, 7) is 7.84. The highest BCUT2D eigenvalue weighted by molar-refractivity contribution is 8.10. The summed E-state index contributed by atoms with van der Waals surface area (Å²) >= 11 is 0. The maximum Gasteiger partial charge on any atom is 0.113 e. The predicted molar refractivity (Wildman–Crippen MR) is 82.8 cm³/mol. The van der Waals surface area contributed by atoms with Crippen LogP contribution >= 0.6 is 0 Å². The molecule has 1 rings (SSSR count). The molecule has 20 heavy (non-hydrogen) atoms. The smallest absolute Gasteiger partial charge is 0.113 e. The molecule has 0 fully saturated rings. The summed E-state index contributed by atoms with van der Waals surface area (Å²) in [6, 6.07) is 6.68. The third-order valence-corrected chi connectivity index (χ3v) is 6.83. The Morgan fingerprint density at radius 3 is 2.15 bits per heavy atom. The molecule has 116 valence electrons. The lowest BCUT2D eigenvalue weighted by atomic mass is 9.82. The number of hydrogen-bond acceptors (Lipinski definition) is 2. The zero-order valence-corrected chi connectivity index (χ0v) is 13.7. The van der Waals surface area contributed by atoms with Gasteiger partial charge in [-0.1, -0.05) is 32.9 Å². The Hall–Kier alpha value is -0.750. The molecule has 0 amide bonds. The molecule has 0 aromatic heterocycles. The normalized spacial score (nSPS) is 16.4. The summed E-state index contributed by atoms with van der Waals surface area (Å²) in [6.07, 6.45) is 0.962. The average Bonchev–Trinajstić information content (AvgIpc) is 2.38. The van der Waals surface area contributed by atoms with E-state index in [1.54, 1.807) is 12.1 Å². The molecular weight excluding hydrogens is 276 g/mol. The highest BCUT2D eigenvalue weighted by atomic mass is 32.3. The highest BCUT2D eigenvalue weighted by Gasteiger charge is 2.39. The van der Waals surface area contributed by atoms with E-state index in [4.69, 9.17) is 4.74 Å². The van der Waals surface area contributed by atoms with E-state index in [0.717, 1.165) is 12.0 Å². The molecular formula is C15H26O4S. The summed E-state index contributed by atoms with van der Waals surface area (Å²) in [5.41, 5.74) is 1.07. The molecule has 0 heterocycles. The quantitative estimate of drug-likeness (QED) is 0.843. The molecule has 0 saturated heterocycles. The lowest BCUT2D eigenvalue weighted by molar-refractivity contribution is 0.192. The van der Waals surface area contributed by atoms with Crippen LogP contribution in [0.5, 0.6) is 0 Å². The van der Waals surface area contributed by atoms with Gasteiger partial charge in [-0.15, -0.1) is 0 Å². The minimum atomic E-state index is -4.88. The molecule has 0 radical (unpaired) electrons. The van der Waals surface area contributed by atoms with Gasteiger partial charge in [0, 0.05) is 7.11 Å². The van der Waals surface area contributed by atoms with Gasteiger partial charge in [-0.3, -0.25) is 0 Å². The summed E-state index contributed by atoms with van der Waals surface area (Å²) in [5, 5.41) is -0.887. The maximum absolute atomic E-state index is 12.5. The topological polar surface area (TPSA) is 66.8 Å². The van der Waals surface area contributed by atoms with Gasteiger partial charge in [0.15, 0.2) is 0 Å². The summed E-state index contributed by atoms with van der Waals surface area (Å²) in [5.74, 6) is 0.